The molecule has 0 unspecified atom stereocenters. The van der Waals surface area contributed by atoms with E-state index in [1.54, 1.807) is 28.9 Å². The van der Waals surface area contributed by atoms with E-state index in [4.69, 9.17) is 4.74 Å². The Morgan fingerprint density at radius 3 is 2.43 bits per heavy atom. The molecule has 2 aromatic rings. The molecule has 148 valence electrons. The number of benzene rings is 1. The third kappa shape index (κ3) is 3.73. The molecule has 4 rings (SSSR count). The maximum Gasteiger partial charge on any atom is 0.272 e. The molecule has 2 fully saturated rings. The zero-order chi connectivity index (χ0) is 19.5. The van der Waals surface area contributed by atoms with Crippen LogP contribution >= 0.6 is 0 Å². The topological polar surface area (TPSA) is 70.9 Å². The lowest BCUT2D eigenvalue weighted by molar-refractivity contribution is -0.148. The van der Waals surface area contributed by atoms with Crippen molar-refractivity contribution in [3.63, 3.8) is 0 Å². The number of carbonyl (C=O) groups excluding carboxylic acids is 2. The first kappa shape index (κ1) is 18.5. The van der Waals surface area contributed by atoms with Crippen molar-refractivity contribution < 1.29 is 14.3 Å². The van der Waals surface area contributed by atoms with Crippen LogP contribution in [0.4, 0.5) is 5.69 Å². The zero-order valence-corrected chi connectivity index (χ0v) is 16.0. The van der Waals surface area contributed by atoms with Crippen molar-refractivity contribution in [2.75, 3.05) is 50.8 Å². The van der Waals surface area contributed by atoms with Gasteiger partial charge in [-0.05, 0) is 18.2 Å². The summed E-state index contributed by atoms with van der Waals surface area (Å²) in [4.78, 5) is 31.5. The van der Waals surface area contributed by atoms with Crippen LogP contribution in [0.2, 0.25) is 0 Å². The van der Waals surface area contributed by atoms with Gasteiger partial charge in [-0.1, -0.05) is 18.2 Å². The molecule has 0 aliphatic carbocycles. The molecule has 2 aliphatic rings. The monoisotopic (exact) mass is 383 g/mol. The van der Waals surface area contributed by atoms with Gasteiger partial charge in [-0.15, -0.1) is 0 Å². The van der Waals surface area contributed by atoms with Gasteiger partial charge in [0.2, 0.25) is 0 Å². The molecule has 1 aromatic heterocycles. The summed E-state index contributed by atoms with van der Waals surface area (Å²) in [7, 11) is 1.74. The van der Waals surface area contributed by atoms with Crippen LogP contribution < -0.4 is 4.90 Å². The van der Waals surface area contributed by atoms with Crippen molar-refractivity contribution in [2.45, 2.75) is 6.10 Å². The Hall–Kier alpha value is -2.87. The minimum absolute atomic E-state index is 0.0322. The second kappa shape index (κ2) is 8.02. The van der Waals surface area contributed by atoms with Crippen molar-refractivity contribution in [3.05, 3.63) is 48.3 Å². The number of para-hydroxylation sites is 1. The van der Waals surface area contributed by atoms with E-state index in [2.05, 4.69) is 22.1 Å². The van der Waals surface area contributed by atoms with Gasteiger partial charge in [0, 0.05) is 51.7 Å². The van der Waals surface area contributed by atoms with Crippen LogP contribution in [0.5, 0.6) is 0 Å². The number of ether oxygens (including phenoxy) is 1. The van der Waals surface area contributed by atoms with Crippen molar-refractivity contribution in [2.24, 2.45) is 7.05 Å². The van der Waals surface area contributed by atoms with E-state index in [1.165, 1.54) is 5.69 Å². The molecule has 0 N–H and O–H groups in total. The Kier molecular flexibility index (Phi) is 5.29. The van der Waals surface area contributed by atoms with Crippen LogP contribution in [0, 0.1) is 0 Å². The largest absolute Gasteiger partial charge is 0.368 e. The first-order valence-electron chi connectivity index (χ1n) is 9.61. The fraction of sp³-hybridized carbons (Fsp3) is 0.450. The predicted molar refractivity (Wildman–Crippen MR) is 104 cm³/mol. The van der Waals surface area contributed by atoms with Gasteiger partial charge in [0.1, 0.15) is 5.69 Å². The van der Waals surface area contributed by atoms with Gasteiger partial charge in [0.25, 0.3) is 11.8 Å². The Balaban J connectivity index is 1.35. The first-order valence-corrected chi connectivity index (χ1v) is 9.61. The summed E-state index contributed by atoms with van der Waals surface area (Å²) in [5, 5.41) is 4.05. The molecule has 1 aromatic carbocycles. The Morgan fingerprint density at radius 2 is 1.75 bits per heavy atom. The predicted octanol–water partition coefficient (Wildman–Crippen LogP) is 0.610. The van der Waals surface area contributed by atoms with Crippen molar-refractivity contribution in [1.82, 2.24) is 19.6 Å². The number of hydrogen-bond acceptors (Lipinski definition) is 5. The van der Waals surface area contributed by atoms with E-state index in [-0.39, 0.29) is 18.4 Å². The molecule has 1 atom stereocenters. The number of nitrogens with zero attached hydrogens (tertiary/aromatic N) is 5. The molecule has 2 aliphatic heterocycles. The number of aryl methyl sites for hydroxylation is 1. The van der Waals surface area contributed by atoms with Gasteiger partial charge in [0.05, 0.1) is 13.2 Å². The fourth-order valence-corrected chi connectivity index (χ4v) is 3.76. The van der Waals surface area contributed by atoms with E-state index < -0.39 is 6.10 Å². The summed E-state index contributed by atoms with van der Waals surface area (Å²) in [6.45, 7) is 4.02. The van der Waals surface area contributed by atoms with Crippen LogP contribution in [-0.4, -0.2) is 83.4 Å². The maximum atomic E-state index is 12.9. The third-order valence-electron chi connectivity index (χ3n) is 5.38. The molecule has 2 amide bonds. The van der Waals surface area contributed by atoms with E-state index in [0.29, 0.717) is 31.9 Å². The smallest absolute Gasteiger partial charge is 0.272 e. The first-order chi connectivity index (χ1) is 13.6. The lowest BCUT2D eigenvalue weighted by Gasteiger charge is -2.39. The molecule has 3 heterocycles. The Bertz CT molecular complexity index is 829. The maximum absolute atomic E-state index is 12.9. The molecule has 0 bridgehead atoms. The Morgan fingerprint density at radius 1 is 1.00 bits per heavy atom. The molecule has 2 saturated heterocycles. The average molecular weight is 383 g/mol. The second-order valence-corrected chi connectivity index (χ2v) is 7.10. The highest BCUT2D eigenvalue weighted by molar-refractivity contribution is 5.93. The number of anilines is 1. The number of rotatable bonds is 3. The van der Waals surface area contributed by atoms with Crippen molar-refractivity contribution in [3.8, 4) is 0 Å². The van der Waals surface area contributed by atoms with Crippen LogP contribution in [0.1, 0.15) is 10.5 Å². The summed E-state index contributed by atoms with van der Waals surface area (Å²) in [5.41, 5.74) is 1.70. The molecular formula is C20H25N5O3. The summed E-state index contributed by atoms with van der Waals surface area (Å²) in [6, 6.07) is 11.9. The second-order valence-electron chi connectivity index (χ2n) is 7.10. The number of carbonyl (C=O) groups is 2. The number of piperazine rings is 1. The van der Waals surface area contributed by atoms with E-state index in [0.717, 1.165) is 13.1 Å². The van der Waals surface area contributed by atoms with Crippen LogP contribution in [0.15, 0.2) is 42.6 Å². The summed E-state index contributed by atoms with van der Waals surface area (Å²) >= 11 is 0. The van der Waals surface area contributed by atoms with Crippen molar-refractivity contribution in [1.29, 1.82) is 0 Å². The highest BCUT2D eigenvalue weighted by atomic mass is 16.5. The molecule has 8 nitrogen and oxygen atoms in total. The highest BCUT2D eigenvalue weighted by Gasteiger charge is 2.34. The van der Waals surface area contributed by atoms with Gasteiger partial charge >= 0.3 is 0 Å². The molecule has 0 radical (unpaired) electrons. The summed E-state index contributed by atoms with van der Waals surface area (Å²) < 4.78 is 7.26. The van der Waals surface area contributed by atoms with Crippen LogP contribution in [-0.2, 0) is 16.6 Å². The molecule has 8 heteroatoms. The van der Waals surface area contributed by atoms with Crippen LogP contribution in [0.25, 0.3) is 0 Å². The minimum atomic E-state index is -0.603. The lowest BCUT2D eigenvalue weighted by atomic mass is 10.2. The quantitative estimate of drug-likeness (QED) is 0.777. The zero-order valence-electron chi connectivity index (χ0n) is 16.0. The molecular weight excluding hydrogens is 358 g/mol. The van der Waals surface area contributed by atoms with Crippen LogP contribution in [0.3, 0.4) is 0 Å². The van der Waals surface area contributed by atoms with Gasteiger partial charge in [-0.25, -0.2) is 0 Å². The number of aromatic nitrogens is 2. The van der Waals surface area contributed by atoms with Gasteiger partial charge in [-0.2, -0.15) is 5.10 Å². The summed E-state index contributed by atoms with van der Waals surface area (Å²) in [5.74, 6) is -0.148. The molecule has 28 heavy (non-hydrogen) atoms. The standard InChI is InChI=1S/C20H25N5O3/c1-22-17(7-8-21-22)19(26)25-13-14-28-18(15-25)20(27)24-11-9-23(10-12-24)16-5-3-2-4-6-16/h2-8,18H,9-15H2,1H3/t18-/m1/s1. The SMILES string of the molecule is Cn1nccc1C(=O)N1CCO[C@@H](C(=O)N2CCN(c3ccccc3)CC2)C1. The Labute approximate surface area is 164 Å². The third-order valence-corrected chi connectivity index (χ3v) is 5.38. The van der Waals surface area contributed by atoms with E-state index in [1.807, 2.05) is 23.1 Å². The molecule has 0 saturated carbocycles. The van der Waals surface area contributed by atoms with E-state index in [9.17, 15) is 9.59 Å². The van der Waals surface area contributed by atoms with Gasteiger partial charge < -0.3 is 19.4 Å². The highest BCUT2D eigenvalue weighted by Crippen LogP contribution is 2.18. The van der Waals surface area contributed by atoms with Gasteiger partial charge in [0.15, 0.2) is 6.10 Å². The fourth-order valence-electron chi connectivity index (χ4n) is 3.76. The minimum Gasteiger partial charge on any atom is -0.368 e. The molecule has 0 spiro atoms. The number of hydrogen-bond donors (Lipinski definition) is 0. The average Bonchev–Trinajstić information content (AvgIpc) is 3.19. The normalized spacial score (nSPS) is 20.3. The number of morpholine rings is 1. The van der Waals surface area contributed by atoms with E-state index >= 15 is 0 Å². The van der Waals surface area contributed by atoms with Gasteiger partial charge in [-0.3, -0.25) is 14.3 Å². The summed E-state index contributed by atoms with van der Waals surface area (Å²) in [6.07, 6.45) is 0.997. The number of amides is 2. The lowest BCUT2D eigenvalue weighted by Crippen LogP contribution is -2.56. The van der Waals surface area contributed by atoms with Crippen molar-refractivity contribution >= 4 is 17.5 Å².